The van der Waals surface area contributed by atoms with E-state index < -0.39 is 17.7 Å². The molecular formula is C17H16N4O4. The van der Waals surface area contributed by atoms with E-state index in [1.807, 2.05) is 6.07 Å². The lowest BCUT2D eigenvalue weighted by Crippen LogP contribution is -2.40. The van der Waals surface area contributed by atoms with Gasteiger partial charge in [-0.1, -0.05) is 12.1 Å². The molecule has 0 atom stereocenters. The number of hydrogen-bond acceptors (Lipinski definition) is 5. The molecule has 1 aromatic heterocycles. The summed E-state index contributed by atoms with van der Waals surface area (Å²) < 4.78 is 4.89. The predicted octanol–water partition coefficient (Wildman–Crippen LogP) is 0.830. The van der Waals surface area contributed by atoms with Gasteiger partial charge in [-0.3, -0.25) is 14.4 Å². The summed E-state index contributed by atoms with van der Waals surface area (Å²) in [6, 6.07) is 11.9. The summed E-state index contributed by atoms with van der Waals surface area (Å²) in [6.07, 6.45) is 1.65. The smallest absolute Gasteiger partial charge is 0.287 e. The topological polar surface area (TPSA) is 124 Å². The molecule has 0 saturated carbocycles. The fraction of sp³-hybridized carbons (Fsp3) is 0.176. The van der Waals surface area contributed by atoms with Crippen LogP contribution in [0.5, 0.6) is 0 Å². The quantitative estimate of drug-likeness (QED) is 0.688. The van der Waals surface area contributed by atoms with Gasteiger partial charge in [0.2, 0.25) is 11.8 Å². The molecule has 2 rings (SSSR count). The van der Waals surface area contributed by atoms with E-state index in [4.69, 9.17) is 9.68 Å². The number of amides is 3. The summed E-state index contributed by atoms with van der Waals surface area (Å²) >= 11 is 0. The third-order valence-corrected chi connectivity index (χ3v) is 3.12. The van der Waals surface area contributed by atoms with Gasteiger partial charge in [0, 0.05) is 5.69 Å². The monoisotopic (exact) mass is 340 g/mol. The molecule has 0 unspecified atom stereocenters. The highest BCUT2D eigenvalue weighted by Crippen LogP contribution is 2.09. The third kappa shape index (κ3) is 5.84. The Balaban J connectivity index is 1.69. The average molecular weight is 340 g/mol. The van der Waals surface area contributed by atoms with Gasteiger partial charge in [-0.05, 0) is 29.8 Å². The largest absolute Gasteiger partial charge is 0.459 e. The highest BCUT2D eigenvalue weighted by molar-refractivity contribution is 5.96. The molecule has 0 radical (unpaired) electrons. The first kappa shape index (κ1) is 17.7. The average Bonchev–Trinajstić information content (AvgIpc) is 3.14. The summed E-state index contributed by atoms with van der Waals surface area (Å²) in [5.41, 5.74) is 1.41. The number of hydrogen-bond donors (Lipinski definition) is 3. The fourth-order valence-electron chi connectivity index (χ4n) is 1.90. The highest BCUT2D eigenvalue weighted by Gasteiger charge is 2.11. The fourth-order valence-corrected chi connectivity index (χ4v) is 1.90. The second-order valence-electron chi connectivity index (χ2n) is 5.02. The van der Waals surface area contributed by atoms with Gasteiger partial charge in [0.25, 0.3) is 5.91 Å². The third-order valence-electron chi connectivity index (χ3n) is 3.12. The molecule has 8 heteroatoms. The zero-order chi connectivity index (χ0) is 18.1. The zero-order valence-corrected chi connectivity index (χ0v) is 13.2. The van der Waals surface area contributed by atoms with E-state index >= 15 is 0 Å². The van der Waals surface area contributed by atoms with Crippen LogP contribution in [0.1, 0.15) is 16.1 Å². The zero-order valence-electron chi connectivity index (χ0n) is 13.2. The Morgan fingerprint density at radius 3 is 2.36 bits per heavy atom. The minimum atomic E-state index is -0.512. The Kier molecular flexibility index (Phi) is 6.31. The number of nitriles is 1. The number of carbonyl (C=O) groups is 3. The van der Waals surface area contributed by atoms with Gasteiger partial charge < -0.3 is 20.4 Å². The summed E-state index contributed by atoms with van der Waals surface area (Å²) in [5, 5.41) is 16.0. The van der Waals surface area contributed by atoms with Crippen LogP contribution in [-0.4, -0.2) is 30.8 Å². The Bertz CT molecular complexity index is 776. The number of benzene rings is 1. The van der Waals surface area contributed by atoms with E-state index in [1.165, 1.54) is 12.3 Å². The molecule has 25 heavy (non-hydrogen) atoms. The maximum Gasteiger partial charge on any atom is 0.287 e. The number of furan rings is 1. The summed E-state index contributed by atoms with van der Waals surface area (Å²) in [5.74, 6) is -1.31. The molecule has 1 heterocycles. The molecule has 0 aliphatic heterocycles. The molecule has 3 N–H and O–H groups in total. The van der Waals surface area contributed by atoms with Crippen LogP contribution in [0.2, 0.25) is 0 Å². The van der Waals surface area contributed by atoms with Crippen molar-refractivity contribution in [2.24, 2.45) is 0 Å². The van der Waals surface area contributed by atoms with Crippen molar-refractivity contribution in [1.29, 1.82) is 5.26 Å². The van der Waals surface area contributed by atoms with Crippen LogP contribution < -0.4 is 16.0 Å². The Morgan fingerprint density at radius 2 is 1.72 bits per heavy atom. The van der Waals surface area contributed by atoms with Gasteiger partial charge in [0.05, 0.1) is 31.8 Å². The first-order valence-corrected chi connectivity index (χ1v) is 7.42. The van der Waals surface area contributed by atoms with Crippen molar-refractivity contribution < 1.29 is 18.8 Å². The first-order valence-electron chi connectivity index (χ1n) is 7.42. The van der Waals surface area contributed by atoms with Gasteiger partial charge in [-0.15, -0.1) is 0 Å². The van der Waals surface area contributed by atoms with Crippen LogP contribution in [0, 0.1) is 11.3 Å². The van der Waals surface area contributed by atoms with Crippen LogP contribution in [0.4, 0.5) is 5.69 Å². The molecule has 0 aliphatic rings. The molecule has 2 aromatic rings. The standard InChI is InChI=1S/C17H16N4O4/c18-8-7-12-3-5-13(6-4-12)21-16(23)11-19-15(22)10-20-17(24)14-2-1-9-25-14/h1-6,9H,7,10-11H2,(H,19,22)(H,20,24)(H,21,23). The van der Waals surface area contributed by atoms with E-state index in [0.717, 1.165) is 5.56 Å². The Labute approximate surface area is 143 Å². The minimum Gasteiger partial charge on any atom is -0.459 e. The highest BCUT2D eigenvalue weighted by atomic mass is 16.3. The van der Waals surface area contributed by atoms with Crippen LogP contribution in [0.3, 0.4) is 0 Å². The predicted molar refractivity (Wildman–Crippen MR) is 88.4 cm³/mol. The number of anilines is 1. The lowest BCUT2D eigenvalue weighted by molar-refractivity contribution is -0.123. The molecule has 0 bridgehead atoms. The maximum absolute atomic E-state index is 11.8. The molecule has 0 aliphatic carbocycles. The first-order chi connectivity index (χ1) is 12.1. The molecule has 1 aromatic carbocycles. The molecule has 8 nitrogen and oxygen atoms in total. The van der Waals surface area contributed by atoms with Crippen LogP contribution in [0.25, 0.3) is 0 Å². The molecule has 3 amide bonds. The lowest BCUT2D eigenvalue weighted by Gasteiger charge is -2.08. The number of nitrogens with one attached hydrogen (secondary N) is 3. The second kappa shape index (κ2) is 8.88. The number of nitrogens with zero attached hydrogens (tertiary/aromatic N) is 1. The van der Waals surface area contributed by atoms with E-state index in [1.54, 1.807) is 30.3 Å². The van der Waals surface area contributed by atoms with Crippen LogP contribution >= 0.6 is 0 Å². The molecular weight excluding hydrogens is 324 g/mol. The van der Waals surface area contributed by atoms with Gasteiger partial charge in [0.15, 0.2) is 5.76 Å². The van der Waals surface area contributed by atoms with E-state index in [0.29, 0.717) is 12.1 Å². The number of carbonyl (C=O) groups excluding carboxylic acids is 3. The summed E-state index contributed by atoms with van der Waals surface area (Å²) in [7, 11) is 0. The van der Waals surface area contributed by atoms with Gasteiger partial charge in [-0.2, -0.15) is 5.26 Å². The molecule has 0 saturated heterocycles. The van der Waals surface area contributed by atoms with Crippen molar-refractivity contribution in [2.45, 2.75) is 6.42 Å². The minimum absolute atomic E-state index is 0.102. The van der Waals surface area contributed by atoms with Crippen molar-refractivity contribution in [2.75, 3.05) is 18.4 Å². The van der Waals surface area contributed by atoms with Crippen LogP contribution in [0.15, 0.2) is 47.1 Å². The lowest BCUT2D eigenvalue weighted by atomic mass is 10.1. The van der Waals surface area contributed by atoms with Gasteiger partial charge in [-0.25, -0.2) is 0 Å². The Hall–Kier alpha value is -3.60. The van der Waals surface area contributed by atoms with Crippen molar-refractivity contribution in [3.8, 4) is 6.07 Å². The Morgan fingerprint density at radius 1 is 1.00 bits per heavy atom. The normalized spacial score (nSPS) is 9.72. The van der Waals surface area contributed by atoms with Gasteiger partial charge >= 0.3 is 0 Å². The van der Waals surface area contributed by atoms with E-state index in [2.05, 4.69) is 16.0 Å². The van der Waals surface area contributed by atoms with E-state index in [9.17, 15) is 14.4 Å². The summed E-state index contributed by atoms with van der Waals surface area (Å²) in [6.45, 7) is -0.495. The van der Waals surface area contributed by atoms with Crippen molar-refractivity contribution in [3.05, 3.63) is 54.0 Å². The maximum atomic E-state index is 11.8. The molecule has 0 fully saturated rings. The van der Waals surface area contributed by atoms with Crippen molar-refractivity contribution in [3.63, 3.8) is 0 Å². The van der Waals surface area contributed by atoms with Gasteiger partial charge in [0.1, 0.15) is 0 Å². The molecule has 128 valence electrons. The summed E-state index contributed by atoms with van der Waals surface area (Å²) in [4.78, 5) is 35.0. The number of rotatable bonds is 7. The van der Waals surface area contributed by atoms with Crippen molar-refractivity contribution in [1.82, 2.24) is 10.6 Å². The van der Waals surface area contributed by atoms with E-state index in [-0.39, 0.29) is 18.8 Å². The SMILES string of the molecule is N#CCc1ccc(NC(=O)CNC(=O)CNC(=O)c2ccco2)cc1. The second-order valence-corrected chi connectivity index (χ2v) is 5.02. The van der Waals surface area contributed by atoms with Crippen LogP contribution in [-0.2, 0) is 16.0 Å². The van der Waals surface area contributed by atoms with Crippen molar-refractivity contribution >= 4 is 23.4 Å². The molecule has 0 spiro atoms.